The van der Waals surface area contributed by atoms with Gasteiger partial charge in [-0.3, -0.25) is 9.36 Å². The number of aromatic nitrogens is 4. The SMILES string of the molecule is COc1cccc(-c2csc(-n3c(C4CCCC(=O)N4c4ccc(F)c(F)c4)nc4cc(-c5c(C)noc5C)ccc43)n2)c1. The molecule has 1 amide bonds. The van der Waals surface area contributed by atoms with E-state index in [1.165, 1.54) is 22.3 Å². The van der Waals surface area contributed by atoms with E-state index in [-0.39, 0.29) is 11.6 Å². The van der Waals surface area contributed by atoms with Gasteiger partial charge >= 0.3 is 0 Å². The maximum absolute atomic E-state index is 14.4. The van der Waals surface area contributed by atoms with Crippen LogP contribution in [-0.2, 0) is 4.79 Å². The van der Waals surface area contributed by atoms with Crippen molar-refractivity contribution in [2.45, 2.75) is 39.2 Å². The number of piperidine rings is 1. The largest absolute Gasteiger partial charge is 0.497 e. The summed E-state index contributed by atoms with van der Waals surface area (Å²) in [5.74, 6) is -0.159. The number of nitrogens with zero attached hydrogens (tertiary/aromatic N) is 5. The van der Waals surface area contributed by atoms with E-state index in [0.717, 1.165) is 51.5 Å². The summed E-state index contributed by atoms with van der Waals surface area (Å²) in [4.78, 5) is 25.0. The van der Waals surface area contributed by atoms with Crippen molar-refractivity contribution < 1.29 is 22.8 Å². The first-order valence-electron chi connectivity index (χ1n) is 14.2. The van der Waals surface area contributed by atoms with Crippen molar-refractivity contribution in [2.24, 2.45) is 0 Å². The molecule has 0 bridgehead atoms. The minimum Gasteiger partial charge on any atom is -0.497 e. The smallest absolute Gasteiger partial charge is 0.227 e. The Kier molecular flexibility index (Phi) is 6.97. The number of fused-ring (bicyclic) bond motifs is 1. The molecule has 3 aromatic carbocycles. The highest BCUT2D eigenvalue weighted by Gasteiger charge is 2.35. The van der Waals surface area contributed by atoms with E-state index < -0.39 is 17.7 Å². The maximum atomic E-state index is 14.4. The van der Waals surface area contributed by atoms with E-state index in [1.54, 1.807) is 7.11 Å². The number of amides is 1. The van der Waals surface area contributed by atoms with E-state index in [0.29, 0.717) is 41.5 Å². The molecule has 1 aliphatic rings. The van der Waals surface area contributed by atoms with Gasteiger partial charge in [0.05, 0.1) is 35.6 Å². The standard InChI is InChI=1S/C33H27F2N5O3S/c1-18-31(19(2)43-38-18)21-10-13-28-26(15-21)36-32(29-8-5-9-30(41)39(29)22-11-12-24(34)25(35)16-22)40(28)33-37-27(17-44-33)20-6-4-7-23(14-20)42-3/h4,6-7,10-17,29H,5,8-9H2,1-3H3. The highest BCUT2D eigenvalue weighted by Crippen LogP contribution is 2.40. The summed E-state index contributed by atoms with van der Waals surface area (Å²) >= 11 is 1.45. The number of thiazole rings is 1. The summed E-state index contributed by atoms with van der Waals surface area (Å²) in [5, 5.41) is 6.74. The number of carbonyl (C=O) groups excluding carboxylic acids is 1. The van der Waals surface area contributed by atoms with Crippen LogP contribution in [0.1, 0.15) is 42.6 Å². The summed E-state index contributed by atoms with van der Waals surface area (Å²) in [6.07, 6.45) is 1.51. The summed E-state index contributed by atoms with van der Waals surface area (Å²) in [6.45, 7) is 3.76. The molecule has 1 saturated heterocycles. The lowest BCUT2D eigenvalue weighted by Crippen LogP contribution is -2.39. The van der Waals surface area contributed by atoms with Gasteiger partial charge in [-0.25, -0.2) is 18.7 Å². The van der Waals surface area contributed by atoms with Crippen LogP contribution < -0.4 is 9.64 Å². The van der Waals surface area contributed by atoms with E-state index >= 15 is 0 Å². The fourth-order valence-electron chi connectivity index (χ4n) is 5.93. The fraction of sp³-hybridized carbons (Fsp3) is 0.212. The molecule has 3 aromatic heterocycles. The van der Waals surface area contributed by atoms with Crippen molar-refractivity contribution in [3.8, 4) is 33.3 Å². The van der Waals surface area contributed by atoms with Crippen molar-refractivity contribution in [2.75, 3.05) is 12.0 Å². The zero-order chi connectivity index (χ0) is 30.5. The summed E-state index contributed by atoms with van der Waals surface area (Å²) in [7, 11) is 1.62. The number of halogens is 2. The molecule has 8 nitrogen and oxygen atoms in total. The summed E-state index contributed by atoms with van der Waals surface area (Å²) < 4.78 is 41.1. The molecule has 0 N–H and O–H groups in total. The molecule has 1 fully saturated rings. The van der Waals surface area contributed by atoms with Gasteiger partial charge in [0.2, 0.25) is 5.91 Å². The highest BCUT2D eigenvalue weighted by molar-refractivity contribution is 7.12. The second-order valence-electron chi connectivity index (χ2n) is 10.7. The lowest BCUT2D eigenvalue weighted by atomic mass is 9.99. The van der Waals surface area contributed by atoms with Crippen LogP contribution >= 0.6 is 11.3 Å². The lowest BCUT2D eigenvalue weighted by Gasteiger charge is -2.35. The molecule has 0 radical (unpaired) electrons. The van der Waals surface area contributed by atoms with Gasteiger partial charge in [-0.2, -0.15) is 0 Å². The summed E-state index contributed by atoms with van der Waals surface area (Å²) in [6, 6.07) is 16.6. The number of aryl methyl sites for hydroxylation is 2. The first-order chi connectivity index (χ1) is 21.3. The third kappa shape index (κ3) is 4.73. The number of hydrogen-bond donors (Lipinski definition) is 0. The Hall–Kier alpha value is -4.90. The molecule has 4 heterocycles. The Balaban J connectivity index is 1.42. The van der Waals surface area contributed by atoms with Gasteiger partial charge in [-0.1, -0.05) is 23.4 Å². The number of hydrogen-bond acceptors (Lipinski definition) is 7. The van der Waals surface area contributed by atoms with Crippen LogP contribution in [0.2, 0.25) is 0 Å². The maximum Gasteiger partial charge on any atom is 0.227 e. The Morgan fingerprint density at radius 2 is 1.86 bits per heavy atom. The van der Waals surface area contributed by atoms with Crippen molar-refractivity contribution in [1.82, 2.24) is 19.7 Å². The van der Waals surface area contributed by atoms with Crippen LogP contribution in [0.3, 0.4) is 0 Å². The van der Waals surface area contributed by atoms with E-state index in [9.17, 15) is 13.6 Å². The third-order valence-electron chi connectivity index (χ3n) is 7.98. The van der Waals surface area contributed by atoms with Crippen LogP contribution in [0.5, 0.6) is 5.75 Å². The van der Waals surface area contributed by atoms with Gasteiger partial charge in [-0.05, 0) is 68.7 Å². The van der Waals surface area contributed by atoms with Crippen LogP contribution in [0, 0.1) is 25.5 Å². The monoisotopic (exact) mass is 611 g/mol. The Labute approximate surface area is 255 Å². The Bertz CT molecular complexity index is 2030. The van der Waals surface area contributed by atoms with E-state index in [4.69, 9.17) is 19.2 Å². The van der Waals surface area contributed by atoms with Crippen molar-refractivity contribution in [3.63, 3.8) is 0 Å². The lowest BCUT2D eigenvalue weighted by molar-refractivity contribution is -0.120. The predicted molar refractivity (Wildman–Crippen MR) is 164 cm³/mol. The second-order valence-corrected chi connectivity index (χ2v) is 11.6. The number of anilines is 1. The normalized spacial score (nSPS) is 15.3. The molecule has 7 rings (SSSR count). The number of ether oxygens (including phenoxy) is 1. The van der Waals surface area contributed by atoms with Crippen molar-refractivity contribution in [3.05, 3.63) is 95.0 Å². The van der Waals surface area contributed by atoms with Crippen molar-refractivity contribution >= 4 is 34.0 Å². The van der Waals surface area contributed by atoms with Gasteiger partial charge < -0.3 is 14.2 Å². The van der Waals surface area contributed by atoms with Gasteiger partial charge in [-0.15, -0.1) is 11.3 Å². The molecule has 0 aliphatic carbocycles. The molecule has 0 saturated carbocycles. The quantitative estimate of drug-likeness (QED) is 0.190. The minimum atomic E-state index is -1.01. The first kappa shape index (κ1) is 27.9. The molecule has 0 spiro atoms. The van der Waals surface area contributed by atoms with Crippen LogP contribution in [0.25, 0.3) is 38.5 Å². The third-order valence-corrected chi connectivity index (χ3v) is 8.81. The molecule has 1 atom stereocenters. The minimum absolute atomic E-state index is 0.182. The number of carbonyl (C=O) groups is 1. The highest BCUT2D eigenvalue weighted by atomic mass is 32.1. The van der Waals surface area contributed by atoms with Crippen molar-refractivity contribution in [1.29, 1.82) is 0 Å². The Morgan fingerprint density at radius 3 is 2.64 bits per heavy atom. The molecule has 1 aliphatic heterocycles. The van der Waals surface area contributed by atoms with Gasteiger partial charge in [0.1, 0.15) is 17.3 Å². The molecule has 44 heavy (non-hydrogen) atoms. The zero-order valence-electron chi connectivity index (χ0n) is 24.2. The molecular weight excluding hydrogens is 584 g/mol. The number of imidazole rings is 1. The van der Waals surface area contributed by atoms with Gasteiger partial charge in [0, 0.05) is 34.7 Å². The van der Waals surface area contributed by atoms with Crippen LogP contribution in [0.4, 0.5) is 14.5 Å². The molecule has 11 heteroatoms. The molecule has 222 valence electrons. The molecule has 1 unspecified atom stereocenters. The number of rotatable bonds is 6. The van der Waals surface area contributed by atoms with E-state index in [2.05, 4.69) is 5.16 Å². The average molecular weight is 612 g/mol. The van der Waals surface area contributed by atoms with Crippen LogP contribution in [-0.4, -0.2) is 32.7 Å². The number of methoxy groups -OCH3 is 1. The first-order valence-corrected chi connectivity index (χ1v) is 15.0. The van der Waals surface area contributed by atoms with E-state index in [1.807, 2.05) is 66.3 Å². The molecule has 6 aromatic rings. The number of benzene rings is 3. The average Bonchev–Trinajstić information content (AvgIpc) is 3.75. The Morgan fingerprint density at radius 1 is 1.00 bits per heavy atom. The molecular formula is C33H27F2N5O3S. The predicted octanol–water partition coefficient (Wildman–Crippen LogP) is 7.97. The van der Waals surface area contributed by atoms with Crippen LogP contribution in [0.15, 0.2) is 70.6 Å². The summed E-state index contributed by atoms with van der Waals surface area (Å²) in [5.41, 5.74) is 6.00. The van der Waals surface area contributed by atoms with Gasteiger partial charge in [0.25, 0.3) is 0 Å². The van der Waals surface area contributed by atoms with Gasteiger partial charge in [0.15, 0.2) is 16.8 Å². The fourth-order valence-corrected chi connectivity index (χ4v) is 6.78. The second kappa shape index (κ2) is 11.0. The zero-order valence-corrected chi connectivity index (χ0v) is 25.0. The topological polar surface area (TPSA) is 86.3 Å².